The number of aryl methyl sites for hydroxylation is 2. The van der Waals surface area contributed by atoms with Gasteiger partial charge in [-0.15, -0.1) is 0 Å². The van der Waals surface area contributed by atoms with Gasteiger partial charge in [-0.05, 0) is 80.8 Å². The summed E-state index contributed by atoms with van der Waals surface area (Å²) >= 11 is 0. The molecule has 180 valence electrons. The zero-order valence-electron chi connectivity index (χ0n) is 20.5. The molecular weight excluding hydrogens is 426 g/mol. The molecule has 4 rings (SSSR count). The molecule has 1 saturated heterocycles. The largest absolute Gasteiger partial charge is 0.507 e. The summed E-state index contributed by atoms with van der Waals surface area (Å²) in [5.41, 5.74) is 4.11. The van der Waals surface area contributed by atoms with Crippen molar-refractivity contribution in [3.63, 3.8) is 0 Å². The van der Waals surface area contributed by atoms with Crippen LogP contribution in [0, 0.1) is 0 Å². The molecule has 0 radical (unpaired) electrons. The minimum Gasteiger partial charge on any atom is -0.507 e. The van der Waals surface area contributed by atoms with Gasteiger partial charge in [0.1, 0.15) is 11.5 Å². The van der Waals surface area contributed by atoms with Gasteiger partial charge in [-0.2, -0.15) is 0 Å². The summed E-state index contributed by atoms with van der Waals surface area (Å²) in [4.78, 5) is 27.9. The lowest BCUT2D eigenvalue weighted by Crippen LogP contribution is -2.30. The molecule has 2 aromatic carbocycles. The number of carbonyl (C=O) groups is 2. The first kappa shape index (κ1) is 24.1. The van der Waals surface area contributed by atoms with Gasteiger partial charge in [-0.3, -0.25) is 9.59 Å². The Bertz CT molecular complexity index is 1080. The van der Waals surface area contributed by atoms with E-state index in [2.05, 4.69) is 6.92 Å². The van der Waals surface area contributed by atoms with Gasteiger partial charge >= 0.3 is 0 Å². The van der Waals surface area contributed by atoms with Crippen molar-refractivity contribution in [3.05, 3.63) is 70.3 Å². The third-order valence-electron chi connectivity index (χ3n) is 6.73. The van der Waals surface area contributed by atoms with Crippen molar-refractivity contribution >= 4 is 17.4 Å². The lowest BCUT2D eigenvalue weighted by molar-refractivity contribution is -0.139. The van der Waals surface area contributed by atoms with Crippen molar-refractivity contribution in [2.24, 2.45) is 0 Å². The lowest BCUT2D eigenvalue weighted by atomic mass is 9.88. The molecule has 1 atom stereocenters. The fourth-order valence-corrected chi connectivity index (χ4v) is 5.03. The van der Waals surface area contributed by atoms with Gasteiger partial charge in [-0.25, -0.2) is 0 Å². The first-order valence-corrected chi connectivity index (χ1v) is 12.6. The third-order valence-corrected chi connectivity index (χ3v) is 6.73. The number of hydrogen-bond donors (Lipinski definition) is 1. The average molecular weight is 462 g/mol. The van der Waals surface area contributed by atoms with E-state index in [1.165, 1.54) is 17.5 Å². The second-order valence-electron chi connectivity index (χ2n) is 9.63. The number of hydrogen-bond acceptors (Lipinski definition) is 4. The summed E-state index contributed by atoms with van der Waals surface area (Å²) in [5.74, 6) is -0.504. The number of ether oxygens (including phenoxy) is 1. The quantitative estimate of drug-likeness (QED) is 0.228. The summed E-state index contributed by atoms with van der Waals surface area (Å²) in [5, 5.41) is 11.4. The molecule has 1 unspecified atom stereocenters. The van der Waals surface area contributed by atoms with Gasteiger partial charge < -0.3 is 14.7 Å². The Balaban J connectivity index is 1.76. The number of fused-ring (bicyclic) bond motifs is 1. The topological polar surface area (TPSA) is 66.8 Å². The van der Waals surface area contributed by atoms with Crippen LogP contribution in [0.4, 0.5) is 0 Å². The monoisotopic (exact) mass is 461 g/mol. The Morgan fingerprint density at radius 1 is 1.03 bits per heavy atom. The van der Waals surface area contributed by atoms with E-state index in [9.17, 15) is 14.7 Å². The zero-order chi connectivity index (χ0) is 24.2. The van der Waals surface area contributed by atoms with Gasteiger partial charge in [0, 0.05) is 12.1 Å². The number of amides is 1. The second kappa shape index (κ2) is 10.5. The van der Waals surface area contributed by atoms with E-state index >= 15 is 0 Å². The van der Waals surface area contributed by atoms with Crippen LogP contribution in [0.2, 0.25) is 0 Å². The van der Waals surface area contributed by atoms with E-state index in [1.54, 1.807) is 4.90 Å². The smallest absolute Gasteiger partial charge is 0.295 e. The highest BCUT2D eigenvalue weighted by Crippen LogP contribution is 2.40. The fourth-order valence-electron chi connectivity index (χ4n) is 5.03. The predicted octanol–water partition coefficient (Wildman–Crippen LogP) is 5.96. The number of aliphatic hydroxyl groups excluding tert-OH is 1. The molecular formula is C29H35NO4. The number of Topliss-reactive ketones (excluding diaryl/α,β-unsaturated/α-hetero) is 1. The van der Waals surface area contributed by atoms with Gasteiger partial charge in [0.2, 0.25) is 0 Å². The van der Waals surface area contributed by atoms with E-state index in [1.807, 2.05) is 56.3 Å². The zero-order valence-corrected chi connectivity index (χ0v) is 20.5. The minimum absolute atomic E-state index is 0.0505. The molecule has 5 nitrogen and oxygen atoms in total. The van der Waals surface area contributed by atoms with Crippen LogP contribution in [-0.4, -0.2) is 34.3 Å². The van der Waals surface area contributed by atoms with Gasteiger partial charge in [0.25, 0.3) is 11.7 Å². The Hall–Kier alpha value is -3.08. The van der Waals surface area contributed by atoms with Gasteiger partial charge in [0.05, 0.1) is 17.7 Å². The molecule has 34 heavy (non-hydrogen) atoms. The second-order valence-corrected chi connectivity index (χ2v) is 9.63. The summed E-state index contributed by atoms with van der Waals surface area (Å²) < 4.78 is 5.77. The number of rotatable bonds is 8. The molecule has 0 spiro atoms. The standard InChI is InChI=1S/C29H35NO4/c1-4-5-8-17-30-26(21-13-15-24(16-14-21)34-19(2)3)25(28(32)29(30)33)27(31)23-12-11-20-9-6-7-10-22(20)18-23/h11-16,18-19,26,31H,4-10,17H2,1-3H3/b27-25-. The molecule has 1 heterocycles. The van der Waals surface area contributed by atoms with Crippen molar-refractivity contribution in [3.8, 4) is 5.75 Å². The lowest BCUT2D eigenvalue weighted by Gasteiger charge is -2.26. The Morgan fingerprint density at radius 3 is 2.41 bits per heavy atom. The summed E-state index contributed by atoms with van der Waals surface area (Å²) in [6.45, 7) is 6.52. The molecule has 5 heteroatoms. The molecule has 2 aromatic rings. The molecule has 0 aromatic heterocycles. The van der Waals surface area contributed by atoms with Crippen LogP contribution in [0.1, 0.15) is 81.2 Å². The summed E-state index contributed by atoms with van der Waals surface area (Å²) in [6, 6.07) is 12.8. The third kappa shape index (κ3) is 4.89. The van der Waals surface area contributed by atoms with E-state index in [4.69, 9.17) is 4.74 Å². The van der Waals surface area contributed by atoms with Crippen LogP contribution in [0.5, 0.6) is 5.75 Å². The first-order valence-electron chi connectivity index (χ1n) is 12.6. The molecule has 1 fully saturated rings. The Morgan fingerprint density at radius 2 is 1.74 bits per heavy atom. The van der Waals surface area contributed by atoms with Crippen molar-refractivity contribution in [1.82, 2.24) is 4.90 Å². The predicted molar refractivity (Wildman–Crippen MR) is 134 cm³/mol. The molecule has 1 aliphatic carbocycles. The molecule has 1 N–H and O–H groups in total. The maximum atomic E-state index is 13.2. The molecule has 0 bridgehead atoms. The Kier molecular flexibility index (Phi) is 7.40. The van der Waals surface area contributed by atoms with E-state index < -0.39 is 17.7 Å². The van der Waals surface area contributed by atoms with E-state index in [0.717, 1.165) is 49.8 Å². The van der Waals surface area contributed by atoms with Crippen molar-refractivity contribution in [2.75, 3.05) is 6.54 Å². The molecule has 1 amide bonds. The van der Waals surface area contributed by atoms with Crippen LogP contribution in [0.3, 0.4) is 0 Å². The summed E-state index contributed by atoms with van der Waals surface area (Å²) in [6.07, 6.45) is 7.18. The number of nitrogens with zero attached hydrogens (tertiary/aromatic N) is 1. The summed E-state index contributed by atoms with van der Waals surface area (Å²) in [7, 11) is 0. The SMILES string of the molecule is CCCCCN1C(=O)C(=O)/C(=C(\O)c2ccc3c(c2)CCCC3)C1c1ccc(OC(C)C)cc1. The number of aliphatic hydroxyl groups is 1. The van der Waals surface area contributed by atoms with Gasteiger partial charge in [0.15, 0.2) is 0 Å². The van der Waals surface area contributed by atoms with Crippen molar-refractivity contribution in [1.29, 1.82) is 0 Å². The van der Waals surface area contributed by atoms with Crippen LogP contribution >= 0.6 is 0 Å². The minimum atomic E-state index is -0.612. The number of carbonyl (C=O) groups excluding carboxylic acids is 2. The van der Waals surface area contributed by atoms with Crippen LogP contribution in [0.15, 0.2) is 48.0 Å². The average Bonchev–Trinajstić information content (AvgIpc) is 3.08. The highest BCUT2D eigenvalue weighted by molar-refractivity contribution is 6.46. The van der Waals surface area contributed by atoms with E-state index in [0.29, 0.717) is 12.1 Å². The Labute approximate surface area is 202 Å². The van der Waals surface area contributed by atoms with E-state index in [-0.39, 0.29) is 17.4 Å². The van der Waals surface area contributed by atoms with Crippen LogP contribution < -0.4 is 4.74 Å². The van der Waals surface area contributed by atoms with Crippen LogP contribution in [0.25, 0.3) is 5.76 Å². The van der Waals surface area contributed by atoms with Gasteiger partial charge in [-0.1, -0.05) is 44.0 Å². The first-order chi connectivity index (χ1) is 16.4. The van der Waals surface area contributed by atoms with Crippen molar-refractivity contribution < 1.29 is 19.4 Å². The van der Waals surface area contributed by atoms with Crippen LogP contribution in [-0.2, 0) is 22.4 Å². The number of ketones is 1. The highest BCUT2D eigenvalue weighted by atomic mass is 16.5. The fraction of sp³-hybridized carbons (Fsp3) is 0.448. The highest BCUT2D eigenvalue weighted by Gasteiger charge is 2.45. The molecule has 2 aliphatic rings. The number of unbranched alkanes of at least 4 members (excludes halogenated alkanes) is 2. The molecule has 0 saturated carbocycles. The normalized spacial score (nSPS) is 19.5. The molecule has 1 aliphatic heterocycles. The number of likely N-dealkylation sites (tertiary alicyclic amines) is 1. The maximum Gasteiger partial charge on any atom is 0.295 e. The maximum absolute atomic E-state index is 13.2. The van der Waals surface area contributed by atoms with Crippen molar-refractivity contribution in [2.45, 2.75) is 77.9 Å². The number of benzene rings is 2.